The Kier molecular flexibility index (Phi) is 5.10. The van der Waals surface area contributed by atoms with Crippen molar-refractivity contribution in [1.29, 1.82) is 0 Å². The molecule has 3 heterocycles. The van der Waals surface area contributed by atoms with Gasteiger partial charge in [0, 0.05) is 31.6 Å². The molecule has 0 amide bonds. The fourth-order valence-corrected chi connectivity index (χ4v) is 4.20. The van der Waals surface area contributed by atoms with E-state index in [-0.39, 0.29) is 5.82 Å². The lowest BCUT2D eigenvalue weighted by molar-refractivity contribution is 0.0116. The first-order valence-corrected chi connectivity index (χ1v) is 9.83. The highest BCUT2D eigenvalue weighted by molar-refractivity contribution is 5.42. The highest BCUT2D eigenvalue weighted by Gasteiger charge is 2.34. The van der Waals surface area contributed by atoms with Crippen molar-refractivity contribution >= 4 is 5.82 Å². The highest BCUT2D eigenvalue weighted by atomic mass is 19.1. The van der Waals surface area contributed by atoms with E-state index < -0.39 is 5.60 Å². The van der Waals surface area contributed by atoms with Crippen molar-refractivity contribution in [1.82, 2.24) is 15.3 Å². The molecule has 1 aromatic heterocycles. The second-order valence-corrected chi connectivity index (χ2v) is 7.77. The van der Waals surface area contributed by atoms with Crippen LogP contribution in [0, 0.1) is 12.7 Å². The van der Waals surface area contributed by atoms with Crippen LogP contribution < -0.4 is 10.2 Å². The maximum atomic E-state index is 13.2. The molecule has 0 spiro atoms. The molecule has 0 aliphatic carbocycles. The maximum absolute atomic E-state index is 13.2. The Morgan fingerprint density at radius 2 is 1.93 bits per heavy atom. The Bertz CT molecular complexity index is 781. The zero-order chi connectivity index (χ0) is 18.9. The van der Waals surface area contributed by atoms with Gasteiger partial charge in [0.2, 0.25) is 0 Å². The molecule has 5 nitrogen and oxygen atoms in total. The summed E-state index contributed by atoms with van der Waals surface area (Å²) in [6, 6.07) is 8.32. The van der Waals surface area contributed by atoms with E-state index in [1.165, 1.54) is 18.6 Å². The number of aliphatic hydroxyl groups is 1. The molecule has 1 atom stereocenters. The van der Waals surface area contributed by atoms with Gasteiger partial charge in [0.25, 0.3) is 0 Å². The summed E-state index contributed by atoms with van der Waals surface area (Å²) < 4.78 is 13.2. The fourth-order valence-electron chi connectivity index (χ4n) is 4.20. The molecule has 2 saturated heterocycles. The summed E-state index contributed by atoms with van der Waals surface area (Å²) in [6.07, 6.45) is 3.54. The zero-order valence-corrected chi connectivity index (χ0v) is 15.8. The monoisotopic (exact) mass is 370 g/mol. The molecular formula is C21H27FN4O. The van der Waals surface area contributed by atoms with Crippen LogP contribution >= 0.6 is 0 Å². The van der Waals surface area contributed by atoms with Gasteiger partial charge < -0.3 is 15.3 Å². The number of nitrogens with one attached hydrogen (secondary N) is 1. The highest BCUT2D eigenvalue weighted by Crippen LogP contribution is 2.35. The summed E-state index contributed by atoms with van der Waals surface area (Å²) >= 11 is 0. The number of nitrogens with zero attached hydrogens (tertiary/aromatic N) is 3. The van der Waals surface area contributed by atoms with E-state index in [1.54, 1.807) is 12.1 Å². The lowest BCUT2D eigenvalue weighted by Gasteiger charge is -2.39. The Balaban J connectivity index is 1.49. The minimum absolute atomic E-state index is 0.277. The Morgan fingerprint density at radius 3 is 2.59 bits per heavy atom. The minimum Gasteiger partial charge on any atom is -0.385 e. The molecule has 2 aliphatic heterocycles. The standard InChI is InChI=1S/C21H27FN4O/c1-15-24-19(16-3-2-10-23-14-16)13-20(25-15)26-11-8-21(27,9-12-26)17-4-6-18(22)7-5-17/h4-7,13,16,23,27H,2-3,8-12,14H2,1H3. The summed E-state index contributed by atoms with van der Waals surface area (Å²) in [6.45, 7) is 5.43. The van der Waals surface area contributed by atoms with E-state index >= 15 is 0 Å². The molecule has 0 bridgehead atoms. The smallest absolute Gasteiger partial charge is 0.132 e. The van der Waals surface area contributed by atoms with Gasteiger partial charge in [-0.1, -0.05) is 12.1 Å². The first kappa shape index (κ1) is 18.3. The van der Waals surface area contributed by atoms with E-state index in [2.05, 4.69) is 26.3 Å². The summed E-state index contributed by atoms with van der Waals surface area (Å²) in [4.78, 5) is 11.6. The van der Waals surface area contributed by atoms with Crippen molar-refractivity contribution in [2.75, 3.05) is 31.1 Å². The first-order valence-electron chi connectivity index (χ1n) is 9.83. The van der Waals surface area contributed by atoms with Crippen LogP contribution in [0.2, 0.25) is 0 Å². The van der Waals surface area contributed by atoms with Gasteiger partial charge in [-0.3, -0.25) is 0 Å². The molecule has 4 rings (SSSR count). The molecule has 27 heavy (non-hydrogen) atoms. The molecular weight excluding hydrogens is 343 g/mol. The molecule has 2 aliphatic rings. The van der Waals surface area contributed by atoms with Gasteiger partial charge in [-0.05, 0) is 56.8 Å². The summed E-state index contributed by atoms with van der Waals surface area (Å²) in [5, 5.41) is 14.5. The van der Waals surface area contributed by atoms with Crippen molar-refractivity contribution in [2.45, 2.75) is 44.1 Å². The van der Waals surface area contributed by atoms with Crippen molar-refractivity contribution in [3.05, 3.63) is 53.2 Å². The Morgan fingerprint density at radius 1 is 1.19 bits per heavy atom. The number of hydrogen-bond acceptors (Lipinski definition) is 5. The van der Waals surface area contributed by atoms with Crippen LogP contribution in [0.25, 0.3) is 0 Å². The number of anilines is 1. The summed E-state index contributed by atoms with van der Waals surface area (Å²) in [5.41, 5.74) is 1.00. The molecule has 6 heteroatoms. The molecule has 1 aromatic carbocycles. The van der Waals surface area contributed by atoms with Gasteiger partial charge in [-0.2, -0.15) is 0 Å². The second-order valence-electron chi connectivity index (χ2n) is 7.77. The van der Waals surface area contributed by atoms with Crippen molar-refractivity contribution < 1.29 is 9.50 Å². The van der Waals surface area contributed by atoms with Crippen molar-refractivity contribution in [3.8, 4) is 0 Å². The number of aromatic nitrogens is 2. The van der Waals surface area contributed by atoms with Gasteiger partial charge in [-0.25, -0.2) is 14.4 Å². The Hall–Kier alpha value is -2.05. The largest absolute Gasteiger partial charge is 0.385 e. The maximum Gasteiger partial charge on any atom is 0.132 e. The van der Waals surface area contributed by atoms with Crippen LogP contribution in [0.15, 0.2) is 30.3 Å². The lowest BCUT2D eigenvalue weighted by Crippen LogP contribution is -2.43. The second kappa shape index (κ2) is 7.52. The first-order chi connectivity index (χ1) is 13.0. The predicted molar refractivity (Wildman–Crippen MR) is 103 cm³/mol. The van der Waals surface area contributed by atoms with Gasteiger partial charge in [0.05, 0.1) is 11.3 Å². The van der Waals surface area contributed by atoms with Crippen LogP contribution in [-0.2, 0) is 5.60 Å². The third kappa shape index (κ3) is 3.96. The number of halogens is 1. The molecule has 0 saturated carbocycles. The van der Waals surface area contributed by atoms with Crippen LogP contribution in [0.4, 0.5) is 10.2 Å². The van der Waals surface area contributed by atoms with Gasteiger partial charge >= 0.3 is 0 Å². The zero-order valence-electron chi connectivity index (χ0n) is 15.8. The molecule has 0 radical (unpaired) electrons. The van der Waals surface area contributed by atoms with Crippen molar-refractivity contribution in [2.24, 2.45) is 0 Å². The molecule has 2 aromatic rings. The average molecular weight is 370 g/mol. The van der Waals surface area contributed by atoms with Crippen LogP contribution in [-0.4, -0.2) is 41.3 Å². The third-order valence-electron chi connectivity index (χ3n) is 5.86. The normalized spacial score (nSPS) is 22.6. The molecule has 2 fully saturated rings. The van der Waals surface area contributed by atoms with Crippen LogP contribution in [0.5, 0.6) is 0 Å². The number of hydrogen-bond donors (Lipinski definition) is 2. The Labute approximate surface area is 159 Å². The minimum atomic E-state index is -0.900. The van der Waals surface area contributed by atoms with E-state index in [4.69, 9.17) is 0 Å². The van der Waals surface area contributed by atoms with Gasteiger partial charge in [0.1, 0.15) is 17.5 Å². The number of piperidine rings is 2. The third-order valence-corrected chi connectivity index (χ3v) is 5.86. The number of rotatable bonds is 3. The van der Waals surface area contributed by atoms with E-state index in [0.717, 1.165) is 42.4 Å². The van der Waals surface area contributed by atoms with Gasteiger partial charge in [0.15, 0.2) is 0 Å². The lowest BCUT2D eigenvalue weighted by atomic mass is 9.84. The number of benzene rings is 1. The van der Waals surface area contributed by atoms with Crippen LogP contribution in [0.3, 0.4) is 0 Å². The SMILES string of the molecule is Cc1nc(C2CCCNC2)cc(N2CCC(O)(c3ccc(F)cc3)CC2)n1. The predicted octanol–water partition coefficient (Wildman–Crippen LogP) is 2.88. The number of aryl methyl sites for hydroxylation is 1. The van der Waals surface area contributed by atoms with Gasteiger partial charge in [-0.15, -0.1) is 0 Å². The summed E-state index contributed by atoms with van der Waals surface area (Å²) in [7, 11) is 0. The summed E-state index contributed by atoms with van der Waals surface area (Å²) in [5.74, 6) is 1.91. The average Bonchev–Trinajstić information content (AvgIpc) is 2.69. The van der Waals surface area contributed by atoms with E-state index in [0.29, 0.717) is 31.8 Å². The van der Waals surface area contributed by atoms with Crippen molar-refractivity contribution in [3.63, 3.8) is 0 Å². The van der Waals surface area contributed by atoms with E-state index in [1.807, 2.05) is 6.92 Å². The molecule has 1 unspecified atom stereocenters. The van der Waals surface area contributed by atoms with Crippen LogP contribution in [0.1, 0.15) is 48.7 Å². The molecule has 2 N–H and O–H groups in total. The molecule has 144 valence electrons. The van der Waals surface area contributed by atoms with E-state index in [9.17, 15) is 9.50 Å². The fraction of sp³-hybridized carbons (Fsp3) is 0.524. The topological polar surface area (TPSA) is 61.3 Å². The quantitative estimate of drug-likeness (QED) is 0.870.